The van der Waals surface area contributed by atoms with Crippen LogP contribution in [-0.4, -0.2) is 26.2 Å². The molecule has 1 saturated heterocycles. The number of sulfonamides is 1. The largest absolute Gasteiger partial charge is 0.326 e. The van der Waals surface area contributed by atoms with Gasteiger partial charge in [-0.05, 0) is 55.0 Å². The number of carbonyl (C=O) groups excluding carboxylic acids is 1. The van der Waals surface area contributed by atoms with Crippen molar-refractivity contribution in [3.8, 4) is 0 Å². The number of halogens is 2. The summed E-state index contributed by atoms with van der Waals surface area (Å²) in [7, 11) is -3.96. The van der Waals surface area contributed by atoms with Gasteiger partial charge >= 0.3 is 0 Å². The van der Waals surface area contributed by atoms with Gasteiger partial charge in [0.25, 0.3) is 10.0 Å². The Morgan fingerprint density at radius 1 is 1.19 bits per heavy atom. The number of hydrazine groups is 1. The van der Waals surface area contributed by atoms with Crippen LogP contribution in [0.5, 0.6) is 0 Å². The van der Waals surface area contributed by atoms with Gasteiger partial charge in [-0.1, -0.05) is 11.6 Å². The Hall–Kier alpha value is -2.20. The first-order chi connectivity index (χ1) is 12.8. The van der Waals surface area contributed by atoms with Gasteiger partial charge in [-0.15, -0.1) is 0 Å². The molecule has 0 spiro atoms. The number of carbonyl (C=O) groups is 1. The van der Waals surface area contributed by atoms with E-state index in [0.717, 1.165) is 17.7 Å². The fourth-order valence-corrected chi connectivity index (χ4v) is 4.30. The van der Waals surface area contributed by atoms with E-state index in [2.05, 4.69) is 20.9 Å². The van der Waals surface area contributed by atoms with Gasteiger partial charge in [0.05, 0.1) is 5.92 Å². The van der Waals surface area contributed by atoms with Crippen LogP contribution in [-0.2, 0) is 14.8 Å². The zero-order valence-corrected chi connectivity index (χ0v) is 15.9. The molecular formula is C17H18ClFN4O3S. The third-order valence-corrected chi connectivity index (χ3v) is 6.19. The second-order valence-electron chi connectivity index (χ2n) is 6.16. The van der Waals surface area contributed by atoms with Crippen molar-refractivity contribution >= 4 is 38.9 Å². The molecule has 7 nitrogen and oxygen atoms in total. The van der Waals surface area contributed by atoms with E-state index >= 15 is 0 Å². The van der Waals surface area contributed by atoms with Crippen LogP contribution >= 0.6 is 11.6 Å². The molecule has 0 aliphatic carbocycles. The van der Waals surface area contributed by atoms with Crippen LogP contribution in [0.4, 0.5) is 15.8 Å². The molecule has 0 radical (unpaired) electrons. The Bertz CT molecular complexity index is 953. The van der Waals surface area contributed by atoms with Gasteiger partial charge in [-0.3, -0.25) is 14.9 Å². The predicted octanol–water partition coefficient (Wildman–Crippen LogP) is 2.22. The maximum Gasteiger partial charge on any atom is 0.250 e. The number of nitrogens with one attached hydrogen (secondary N) is 4. The average Bonchev–Trinajstić information content (AvgIpc) is 3.11. The molecule has 2 unspecified atom stereocenters. The van der Waals surface area contributed by atoms with E-state index in [-0.39, 0.29) is 12.2 Å². The summed E-state index contributed by atoms with van der Waals surface area (Å²) in [5, 5.41) is 2.08. The number of hydrogen-bond acceptors (Lipinski definition) is 5. The van der Waals surface area contributed by atoms with E-state index in [9.17, 15) is 17.6 Å². The van der Waals surface area contributed by atoms with E-state index in [1.165, 1.54) is 12.1 Å². The average molecular weight is 413 g/mol. The predicted molar refractivity (Wildman–Crippen MR) is 102 cm³/mol. The number of benzene rings is 2. The first-order valence-electron chi connectivity index (χ1n) is 8.09. The summed E-state index contributed by atoms with van der Waals surface area (Å²) in [6, 6.07) is 9.90. The molecule has 1 aliphatic rings. The summed E-state index contributed by atoms with van der Waals surface area (Å²) in [6.45, 7) is 1.93. The molecule has 10 heteroatoms. The van der Waals surface area contributed by atoms with E-state index in [1.807, 2.05) is 0 Å². The highest BCUT2D eigenvalue weighted by Gasteiger charge is 2.41. The second kappa shape index (κ2) is 7.81. The quantitative estimate of drug-likeness (QED) is 0.603. The van der Waals surface area contributed by atoms with Crippen LogP contribution in [0.15, 0.2) is 42.5 Å². The summed E-state index contributed by atoms with van der Waals surface area (Å²) in [5.41, 5.74) is 6.83. The fourth-order valence-electron chi connectivity index (χ4n) is 2.70. The zero-order chi connectivity index (χ0) is 19.6. The molecule has 0 bridgehead atoms. The Labute approximate surface area is 161 Å². The van der Waals surface area contributed by atoms with Crippen molar-refractivity contribution in [1.82, 2.24) is 10.9 Å². The molecule has 1 aliphatic heterocycles. The third kappa shape index (κ3) is 4.56. The maximum atomic E-state index is 13.0. The van der Waals surface area contributed by atoms with Crippen molar-refractivity contribution in [2.24, 2.45) is 5.92 Å². The Morgan fingerprint density at radius 3 is 2.52 bits per heavy atom. The van der Waals surface area contributed by atoms with Crippen molar-refractivity contribution in [2.75, 3.05) is 16.6 Å². The van der Waals surface area contributed by atoms with Gasteiger partial charge in [0.15, 0.2) is 5.37 Å². The number of amides is 1. The van der Waals surface area contributed by atoms with Crippen LogP contribution in [0, 0.1) is 18.7 Å². The molecule has 1 fully saturated rings. The lowest BCUT2D eigenvalue weighted by atomic mass is 10.1. The first-order valence-corrected chi connectivity index (χ1v) is 10.0. The first kappa shape index (κ1) is 19.6. The van der Waals surface area contributed by atoms with E-state index in [1.54, 1.807) is 25.1 Å². The number of anilines is 2. The van der Waals surface area contributed by atoms with Gasteiger partial charge in [0.2, 0.25) is 5.91 Å². The lowest BCUT2D eigenvalue weighted by Crippen LogP contribution is -2.45. The highest BCUT2D eigenvalue weighted by atomic mass is 35.5. The molecule has 27 heavy (non-hydrogen) atoms. The van der Waals surface area contributed by atoms with Crippen molar-refractivity contribution in [1.29, 1.82) is 0 Å². The molecule has 3 rings (SSSR count). The molecule has 2 atom stereocenters. The Kier molecular flexibility index (Phi) is 5.66. The summed E-state index contributed by atoms with van der Waals surface area (Å²) in [4.78, 5) is 12.6. The smallest absolute Gasteiger partial charge is 0.250 e. The van der Waals surface area contributed by atoms with Crippen LogP contribution in [0.25, 0.3) is 0 Å². The van der Waals surface area contributed by atoms with Crippen LogP contribution in [0.3, 0.4) is 0 Å². The minimum absolute atomic E-state index is 0.132. The lowest BCUT2D eigenvalue weighted by molar-refractivity contribution is -0.119. The molecule has 0 saturated carbocycles. The molecular weight excluding hydrogens is 395 g/mol. The van der Waals surface area contributed by atoms with Crippen molar-refractivity contribution < 1.29 is 17.6 Å². The number of hydrogen-bond donors (Lipinski definition) is 4. The Balaban J connectivity index is 1.74. The monoisotopic (exact) mass is 412 g/mol. The zero-order valence-electron chi connectivity index (χ0n) is 14.3. The van der Waals surface area contributed by atoms with Gasteiger partial charge in [0, 0.05) is 22.9 Å². The molecule has 144 valence electrons. The van der Waals surface area contributed by atoms with Crippen molar-refractivity contribution in [3.05, 3.63) is 58.9 Å². The summed E-state index contributed by atoms with van der Waals surface area (Å²) in [6.07, 6.45) is 0. The fraction of sp³-hybridized carbons (Fsp3) is 0.235. The van der Waals surface area contributed by atoms with Crippen LogP contribution in [0.1, 0.15) is 5.56 Å². The van der Waals surface area contributed by atoms with Crippen molar-refractivity contribution in [2.45, 2.75) is 12.3 Å². The number of rotatable bonds is 5. The van der Waals surface area contributed by atoms with Gasteiger partial charge < -0.3 is 5.32 Å². The highest BCUT2D eigenvalue weighted by molar-refractivity contribution is 7.93. The molecule has 1 heterocycles. The standard InChI is InChI=1S/C17H18ClFN4O3S/c1-10-8-13(6-7-15(10)18)21-16(24)14-9-20-22-17(14)27(25,26)23-12-4-2-11(19)3-5-12/h2-8,14,17,20,22-23H,9H2,1H3,(H,21,24). The summed E-state index contributed by atoms with van der Waals surface area (Å²) in [5.74, 6) is -1.81. The van der Waals surface area contributed by atoms with Gasteiger partial charge in [-0.2, -0.15) is 0 Å². The second-order valence-corrected chi connectivity index (χ2v) is 8.37. The van der Waals surface area contributed by atoms with Gasteiger partial charge in [-0.25, -0.2) is 18.2 Å². The minimum atomic E-state index is -3.96. The molecule has 1 amide bonds. The van der Waals surface area contributed by atoms with Crippen LogP contribution in [0.2, 0.25) is 5.02 Å². The SMILES string of the molecule is Cc1cc(NC(=O)C2CNNC2S(=O)(=O)Nc2ccc(F)cc2)ccc1Cl. The third-order valence-electron chi connectivity index (χ3n) is 4.13. The molecule has 0 aromatic heterocycles. The topological polar surface area (TPSA) is 99.3 Å². The highest BCUT2D eigenvalue weighted by Crippen LogP contribution is 2.22. The van der Waals surface area contributed by atoms with Crippen molar-refractivity contribution in [3.63, 3.8) is 0 Å². The van der Waals surface area contributed by atoms with E-state index < -0.39 is 33.0 Å². The van der Waals surface area contributed by atoms with Gasteiger partial charge in [0.1, 0.15) is 5.82 Å². The van der Waals surface area contributed by atoms with Crippen LogP contribution < -0.4 is 20.9 Å². The molecule has 4 N–H and O–H groups in total. The summed E-state index contributed by atoms with van der Waals surface area (Å²) >= 11 is 5.97. The summed E-state index contributed by atoms with van der Waals surface area (Å²) < 4.78 is 40.6. The number of aryl methyl sites for hydroxylation is 1. The molecule has 2 aromatic carbocycles. The van der Waals surface area contributed by atoms with E-state index in [4.69, 9.17) is 11.6 Å². The normalized spacial score (nSPS) is 19.7. The maximum absolute atomic E-state index is 13.0. The Morgan fingerprint density at radius 2 is 1.85 bits per heavy atom. The minimum Gasteiger partial charge on any atom is -0.326 e. The van der Waals surface area contributed by atoms with E-state index in [0.29, 0.717) is 10.7 Å². The molecule has 2 aromatic rings. The lowest BCUT2D eigenvalue weighted by Gasteiger charge is -2.19.